The highest BCUT2D eigenvalue weighted by atomic mass is 16.5. The minimum absolute atomic E-state index is 0.0151. The van der Waals surface area contributed by atoms with Crippen molar-refractivity contribution in [3.05, 3.63) is 17.7 Å². The van der Waals surface area contributed by atoms with E-state index in [-0.39, 0.29) is 29.4 Å². The number of ether oxygens (including phenoxy) is 1. The van der Waals surface area contributed by atoms with Crippen LogP contribution in [0.15, 0.2) is 6.33 Å². The van der Waals surface area contributed by atoms with Crippen molar-refractivity contribution in [1.82, 2.24) is 14.9 Å². The lowest BCUT2D eigenvalue weighted by molar-refractivity contribution is -0.166. The second kappa shape index (κ2) is 6.87. The molecule has 0 aliphatic heterocycles. The Kier molecular flexibility index (Phi) is 5.00. The van der Waals surface area contributed by atoms with Crippen LogP contribution in [0.25, 0.3) is 0 Å². The average molecular weight is 333 g/mol. The molecule has 1 N–H and O–H groups in total. The van der Waals surface area contributed by atoms with Gasteiger partial charge in [-0.15, -0.1) is 0 Å². The van der Waals surface area contributed by atoms with Gasteiger partial charge in [-0.1, -0.05) is 27.2 Å². The summed E-state index contributed by atoms with van der Waals surface area (Å²) in [5.41, 5.74) is 2.12. The summed E-state index contributed by atoms with van der Waals surface area (Å²) < 4.78 is 6.03. The minimum atomic E-state index is -0.0825. The third kappa shape index (κ3) is 2.99. The highest BCUT2D eigenvalue weighted by Crippen LogP contribution is 2.46. The molecule has 3 unspecified atom stereocenters. The number of fused-ring (bicyclic) bond motifs is 1. The molecule has 3 rings (SSSR count). The lowest BCUT2D eigenvalue weighted by Gasteiger charge is -2.55. The molecule has 1 fully saturated rings. The van der Waals surface area contributed by atoms with E-state index in [1.807, 2.05) is 11.9 Å². The summed E-state index contributed by atoms with van der Waals surface area (Å²) in [7, 11) is 1.96. The van der Waals surface area contributed by atoms with Crippen molar-refractivity contribution < 1.29 is 9.53 Å². The second-order valence-electron chi connectivity index (χ2n) is 7.95. The Morgan fingerprint density at radius 3 is 3.00 bits per heavy atom. The molecule has 1 amide bonds. The zero-order chi connectivity index (χ0) is 17.3. The van der Waals surface area contributed by atoms with Crippen LogP contribution in [0.2, 0.25) is 0 Å². The fourth-order valence-corrected chi connectivity index (χ4v) is 4.27. The molecule has 1 saturated carbocycles. The van der Waals surface area contributed by atoms with E-state index in [4.69, 9.17) is 4.74 Å². The largest absolute Gasteiger partial charge is 0.378 e. The number of amides is 1. The molecule has 0 radical (unpaired) electrons. The average Bonchev–Trinajstić information content (AvgIpc) is 3.04. The Labute approximate surface area is 145 Å². The van der Waals surface area contributed by atoms with Crippen LogP contribution in [-0.2, 0) is 16.0 Å². The maximum atomic E-state index is 13.1. The number of H-pyrrole nitrogens is 1. The van der Waals surface area contributed by atoms with Gasteiger partial charge in [-0.25, -0.2) is 4.98 Å². The molecule has 3 atom stereocenters. The summed E-state index contributed by atoms with van der Waals surface area (Å²) in [6.45, 7) is 7.46. The highest BCUT2D eigenvalue weighted by Gasteiger charge is 2.52. The van der Waals surface area contributed by atoms with Gasteiger partial charge in [-0.3, -0.25) is 4.79 Å². The number of likely N-dealkylation sites (N-methyl/N-ethyl adjacent to an activating group) is 1. The Balaban J connectivity index is 1.63. The van der Waals surface area contributed by atoms with Gasteiger partial charge in [-0.2, -0.15) is 0 Å². The summed E-state index contributed by atoms with van der Waals surface area (Å²) in [6, 6.07) is 0.251. The van der Waals surface area contributed by atoms with Crippen molar-refractivity contribution in [2.24, 2.45) is 5.41 Å². The molecular formula is C19H31N3O2. The summed E-state index contributed by atoms with van der Waals surface area (Å²) >= 11 is 0. The standard InChI is InChI=1S/C19H31N3O2/c1-5-6-10-24-16-11-15(19(16,2)3)22(4)18(23)13-8-7-9-14-17(13)21-12-20-14/h12-13,15-16H,5-11H2,1-4H3,(H,20,21). The first-order valence-corrected chi connectivity index (χ1v) is 9.37. The number of hydrogen-bond donors (Lipinski definition) is 1. The fourth-order valence-electron chi connectivity index (χ4n) is 4.27. The first-order valence-electron chi connectivity index (χ1n) is 9.37. The van der Waals surface area contributed by atoms with Gasteiger partial charge in [0.15, 0.2) is 0 Å². The SMILES string of the molecule is CCCCOC1CC(N(C)C(=O)C2CCCc3[nH]cnc32)C1(C)C. The molecule has 24 heavy (non-hydrogen) atoms. The van der Waals surface area contributed by atoms with Crippen LogP contribution in [0, 0.1) is 5.41 Å². The van der Waals surface area contributed by atoms with E-state index in [1.165, 1.54) is 0 Å². The van der Waals surface area contributed by atoms with Gasteiger partial charge in [0.1, 0.15) is 0 Å². The second-order valence-corrected chi connectivity index (χ2v) is 7.95. The van der Waals surface area contributed by atoms with Gasteiger partial charge in [0, 0.05) is 30.8 Å². The third-order valence-electron chi connectivity index (χ3n) is 6.06. The van der Waals surface area contributed by atoms with E-state index >= 15 is 0 Å². The van der Waals surface area contributed by atoms with Crippen LogP contribution < -0.4 is 0 Å². The molecule has 0 aromatic carbocycles. The van der Waals surface area contributed by atoms with Crippen LogP contribution in [0.3, 0.4) is 0 Å². The lowest BCUT2D eigenvalue weighted by atomic mass is 9.63. The van der Waals surface area contributed by atoms with Gasteiger partial charge in [0.05, 0.1) is 24.0 Å². The zero-order valence-corrected chi connectivity index (χ0v) is 15.5. The van der Waals surface area contributed by atoms with E-state index < -0.39 is 0 Å². The first kappa shape index (κ1) is 17.5. The molecule has 1 aromatic rings. The molecular weight excluding hydrogens is 302 g/mol. The maximum Gasteiger partial charge on any atom is 0.231 e. The van der Waals surface area contributed by atoms with Crippen molar-refractivity contribution in [2.45, 2.75) is 77.4 Å². The molecule has 1 heterocycles. The minimum Gasteiger partial charge on any atom is -0.378 e. The number of nitrogens with one attached hydrogen (secondary N) is 1. The lowest BCUT2D eigenvalue weighted by Crippen LogP contribution is -2.63. The molecule has 2 aliphatic carbocycles. The van der Waals surface area contributed by atoms with Crippen molar-refractivity contribution in [3.63, 3.8) is 0 Å². The monoisotopic (exact) mass is 333 g/mol. The van der Waals surface area contributed by atoms with Crippen LogP contribution >= 0.6 is 0 Å². The van der Waals surface area contributed by atoms with Gasteiger partial charge in [-0.05, 0) is 32.1 Å². The molecule has 0 bridgehead atoms. The molecule has 134 valence electrons. The van der Waals surface area contributed by atoms with Crippen LogP contribution in [-0.4, -0.2) is 46.6 Å². The zero-order valence-electron chi connectivity index (χ0n) is 15.5. The molecule has 1 aromatic heterocycles. The predicted molar refractivity (Wildman–Crippen MR) is 93.9 cm³/mol. The van der Waals surface area contributed by atoms with E-state index in [2.05, 4.69) is 30.7 Å². The number of unbranched alkanes of at least 4 members (excludes halogenated alkanes) is 1. The Hall–Kier alpha value is -1.36. The number of carbonyl (C=O) groups excluding carboxylic acids is 1. The molecule has 2 aliphatic rings. The molecule has 0 saturated heterocycles. The number of aromatic nitrogens is 2. The summed E-state index contributed by atoms with van der Waals surface area (Å²) in [6.07, 6.45) is 8.15. The summed E-state index contributed by atoms with van der Waals surface area (Å²) in [5.74, 6) is 0.133. The number of hydrogen-bond acceptors (Lipinski definition) is 3. The van der Waals surface area contributed by atoms with Gasteiger partial charge in [0.25, 0.3) is 0 Å². The van der Waals surface area contributed by atoms with Crippen molar-refractivity contribution in [2.75, 3.05) is 13.7 Å². The first-order chi connectivity index (χ1) is 11.5. The summed E-state index contributed by atoms with van der Waals surface area (Å²) in [5, 5.41) is 0. The maximum absolute atomic E-state index is 13.1. The molecule has 5 nitrogen and oxygen atoms in total. The van der Waals surface area contributed by atoms with Crippen molar-refractivity contribution in [3.8, 4) is 0 Å². The van der Waals surface area contributed by atoms with E-state index in [0.717, 1.165) is 56.5 Å². The van der Waals surface area contributed by atoms with E-state index in [0.29, 0.717) is 0 Å². The van der Waals surface area contributed by atoms with Gasteiger partial charge in [0.2, 0.25) is 5.91 Å². The predicted octanol–water partition coefficient (Wildman–Crippen LogP) is 3.27. The number of aromatic amines is 1. The smallest absolute Gasteiger partial charge is 0.231 e. The van der Waals surface area contributed by atoms with Crippen LogP contribution in [0.4, 0.5) is 0 Å². The number of rotatable bonds is 6. The number of nitrogens with zero attached hydrogens (tertiary/aromatic N) is 2. The number of imidazole rings is 1. The third-order valence-corrected chi connectivity index (χ3v) is 6.06. The highest BCUT2D eigenvalue weighted by molar-refractivity contribution is 5.84. The van der Waals surface area contributed by atoms with Crippen molar-refractivity contribution in [1.29, 1.82) is 0 Å². The van der Waals surface area contributed by atoms with Crippen LogP contribution in [0.1, 0.15) is 70.2 Å². The van der Waals surface area contributed by atoms with Crippen LogP contribution in [0.5, 0.6) is 0 Å². The quantitative estimate of drug-likeness (QED) is 0.813. The van der Waals surface area contributed by atoms with Gasteiger partial charge >= 0.3 is 0 Å². The Bertz CT molecular complexity index is 581. The topological polar surface area (TPSA) is 58.2 Å². The van der Waals surface area contributed by atoms with Crippen molar-refractivity contribution >= 4 is 5.91 Å². The normalized spacial score (nSPS) is 28.1. The molecule has 0 spiro atoms. The van der Waals surface area contributed by atoms with Gasteiger partial charge < -0.3 is 14.6 Å². The Morgan fingerprint density at radius 2 is 2.29 bits per heavy atom. The summed E-state index contributed by atoms with van der Waals surface area (Å²) in [4.78, 5) is 22.7. The Morgan fingerprint density at radius 1 is 1.50 bits per heavy atom. The molecule has 5 heteroatoms. The van der Waals surface area contributed by atoms with E-state index in [1.54, 1.807) is 6.33 Å². The number of aryl methyl sites for hydroxylation is 1. The number of carbonyl (C=O) groups is 1. The van der Waals surface area contributed by atoms with E-state index in [9.17, 15) is 4.79 Å². The fraction of sp³-hybridized carbons (Fsp3) is 0.789.